The van der Waals surface area contributed by atoms with Gasteiger partial charge in [-0.3, -0.25) is 14.5 Å². The summed E-state index contributed by atoms with van der Waals surface area (Å²) in [4.78, 5) is 28.9. The molecule has 2 aliphatic heterocycles. The Hall–Kier alpha value is -2.08. The lowest BCUT2D eigenvalue weighted by atomic mass is 10.0. The number of benzene rings is 1. The average molecular weight is 373 g/mol. The molecule has 0 radical (unpaired) electrons. The van der Waals surface area contributed by atoms with E-state index >= 15 is 0 Å². The SMILES string of the molecule is CC(C)CNC(=O)C(=O)NCC(c1ccc2c(c1)CCN2C)N1CCCC1. The third-order valence-corrected chi connectivity index (χ3v) is 5.53. The number of nitrogens with zero attached hydrogens (tertiary/aromatic N) is 2. The van der Waals surface area contributed by atoms with Crippen molar-refractivity contribution in [2.24, 2.45) is 5.92 Å². The number of rotatable bonds is 6. The summed E-state index contributed by atoms with van der Waals surface area (Å²) < 4.78 is 0. The number of carbonyl (C=O) groups excluding carboxylic acids is 2. The Bertz CT molecular complexity index is 683. The number of hydrogen-bond donors (Lipinski definition) is 2. The second kappa shape index (κ2) is 8.74. The van der Waals surface area contributed by atoms with E-state index in [1.165, 1.54) is 29.7 Å². The van der Waals surface area contributed by atoms with Gasteiger partial charge in [-0.1, -0.05) is 26.0 Å². The van der Waals surface area contributed by atoms with Crippen LogP contribution in [0.15, 0.2) is 18.2 Å². The monoisotopic (exact) mass is 372 g/mol. The van der Waals surface area contributed by atoms with E-state index in [0.717, 1.165) is 26.1 Å². The highest BCUT2D eigenvalue weighted by molar-refractivity contribution is 6.35. The molecule has 6 nitrogen and oxygen atoms in total. The van der Waals surface area contributed by atoms with Gasteiger partial charge in [-0.05, 0) is 55.5 Å². The molecule has 2 amide bonds. The first-order chi connectivity index (χ1) is 13.0. The van der Waals surface area contributed by atoms with Gasteiger partial charge < -0.3 is 15.5 Å². The van der Waals surface area contributed by atoms with Crippen LogP contribution in [0.4, 0.5) is 5.69 Å². The minimum Gasteiger partial charge on any atom is -0.374 e. The fraction of sp³-hybridized carbons (Fsp3) is 0.619. The second-order valence-corrected chi connectivity index (χ2v) is 8.13. The summed E-state index contributed by atoms with van der Waals surface area (Å²) >= 11 is 0. The summed E-state index contributed by atoms with van der Waals surface area (Å²) in [6.07, 6.45) is 3.44. The highest BCUT2D eigenvalue weighted by atomic mass is 16.2. The molecule has 27 heavy (non-hydrogen) atoms. The molecule has 0 saturated carbocycles. The van der Waals surface area contributed by atoms with Crippen LogP contribution in [0.2, 0.25) is 0 Å². The van der Waals surface area contributed by atoms with Gasteiger partial charge in [-0.2, -0.15) is 0 Å². The third-order valence-electron chi connectivity index (χ3n) is 5.53. The smallest absolute Gasteiger partial charge is 0.309 e. The van der Waals surface area contributed by atoms with Crippen LogP contribution in [0.1, 0.15) is 43.9 Å². The Morgan fingerprint density at radius 3 is 2.37 bits per heavy atom. The molecule has 3 rings (SSSR count). The number of likely N-dealkylation sites (N-methyl/N-ethyl adjacent to an activating group) is 1. The zero-order valence-electron chi connectivity index (χ0n) is 16.8. The Labute approximate surface area is 162 Å². The lowest BCUT2D eigenvalue weighted by molar-refractivity contribution is -0.139. The number of fused-ring (bicyclic) bond motifs is 1. The molecule has 0 bridgehead atoms. The Balaban J connectivity index is 1.67. The first-order valence-corrected chi connectivity index (χ1v) is 10.1. The van der Waals surface area contributed by atoms with E-state index in [4.69, 9.17) is 0 Å². The number of carbonyl (C=O) groups is 2. The Kier molecular flexibility index (Phi) is 6.37. The highest BCUT2D eigenvalue weighted by Crippen LogP contribution is 2.32. The molecule has 2 aliphatic rings. The minimum atomic E-state index is -0.542. The third kappa shape index (κ3) is 4.80. The van der Waals surface area contributed by atoms with Crippen LogP contribution in [-0.4, -0.2) is 56.5 Å². The minimum absolute atomic E-state index is 0.116. The molecule has 1 saturated heterocycles. The normalized spacial score (nSPS) is 17.9. The van der Waals surface area contributed by atoms with E-state index in [0.29, 0.717) is 19.0 Å². The fourth-order valence-corrected chi connectivity index (χ4v) is 3.95. The molecule has 2 heterocycles. The lowest BCUT2D eigenvalue weighted by Gasteiger charge is -2.28. The van der Waals surface area contributed by atoms with Crippen LogP contribution in [0.3, 0.4) is 0 Å². The van der Waals surface area contributed by atoms with Crippen LogP contribution in [-0.2, 0) is 16.0 Å². The van der Waals surface area contributed by atoms with Crippen molar-refractivity contribution in [3.8, 4) is 0 Å². The largest absolute Gasteiger partial charge is 0.374 e. The van der Waals surface area contributed by atoms with Crippen molar-refractivity contribution in [1.82, 2.24) is 15.5 Å². The number of likely N-dealkylation sites (tertiary alicyclic amines) is 1. The van der Waals surface area contributed by atoms with Crippen molar-refractivity contribution in [1.29, 1.82) is 0 Å². The molecular formula is C21H32N4O2. The van der Waals surface area contributed by atoms with Gasteiger partial charge >= 0.3 is 11.8 Å². The first kappa shape index (κ1) is 19.7. The number of anilines is 1. The van der Waals surface area contributed by atoms with Crippen molar-refractivity contribution in [2.75, 3.05) is 44.7 Å². The first-order valence-electron chi connectivity index (χ1n) is 10.1. The van der Waals surface area contributed by atoms with Crippen LogP contribution >= 0.6 is 0 Å². The van der Waals surface area contributed by atoms with Crippen LogP contribution in [0, 0.1) is 5.92 Å². The van der Waals surface area contributed by atoms with Gasteiger partial charge in [0.15, 0.2) is 0 Å². The van der Waals surface area contributed by atoms with Gasteiger partial charge in [-0.25, -0.2) is 0 Å². The van der Waals surface area contributed by atoms with Crippen molar-refractivity contribution in [3.05, 3.63) is 29.3 Å². The molecule has 1 aromatic carbocycles. The maximum atomic E-state index is 12.2. The molecule has 1 fully saturated rings. The standard InChI is InChI=1S/C21H32N4O2/c1-15(2)13-22-20(26)21(27)23-14-19(25-9-4-5-10-25)16-6-7-18-17(12-16)8-11-24(18)3/h6-7,12,15,19H,4-5,8-11,13-14H2,1-3H3,(H,22,26)(H,23,27). The molecule has 0 aromatic heterocycles. The molecule has 0 aliphatic carbocycles. The van der Waals surface area contributed by atoms with Crippen LogP contribution in [0.25, 0.3) is 0 Å². The average Bonchev–Trinajstić information content (AvgIpc) is 3.30. The second-order valence-electron chi connectivity index (χ2n) is 8.13. The predicted molar refractivity (Wildman–Crippen MR) is 108 cm³/mol. The predicted octanol–water partition coefficient (Wildman–Crippen LogP) is 1.70. The van der Waals surface area contributed by atoms with E-state index < -0.39 is 11.8 Å². The summed E-state index contributed by atoms with van der Waals surface area (Å²) in [5, 5.41) is 5.54. The number of amides is 2. The van der Waals surface area contributed by atoms with Crippen LogP contribution in [0.5, 0.6) is 0 Å². The van der Waals surface area contributed by atoms with Gasteiger partial charge in [0, 0.05) is 32.4 Å². The highest BCUT2D eigenvalue weighted by Gasteiger charge is 2.26. The molecule has 2 N–H and O–H groups in total. The van der Waals surface area contributed by atoms with Crippen molar-refractivity contribution >= 4 is 17.5 Å². The van der Waals surface area contributed by atoms with Crippen molar-refractivity contribution in [2.45, 2.75) is 39.2 Å². The van der Waals surface area contributed by atoms with E-state index in [1.807, 2.05) is 13.8 Å². The fourth-order valence-electron chi connectivity index (χ4n) is 3.95. The summed E-state index contributed by atoms with van der Waals surface area (Å²) in [6.45, 7) is 8.12. The molecular weight excluding hydrogens is 340 g/mol. The summed E-state index contributed by atoms with van der Waals surface area (Å²) in [5.41, 5.74) is 3.91. The Morgan fingerprint density at radius 1 is 1.04 bits per heavy atom. The van der Waals surface area contributed by atoms with Crippen molar-refractivity contribution < 1.29 is 9.59 Å². The topological polar surface area (TPSA) is 64.7 Å². The Morgan fingerprint density at radius 2 is 1.70 bits per heavy atom. The van der Waals surface area contributed by atoms with E-state index in [-0.39, 0.29) is 6.04 Å². The molecule has 6 heteroatoms. The molecule has 1 aromatic rings. The van der Waals surface area contributed by atoms with Crippen LogP contribution < -0.4 is 15.5 Å². The van der Waals surface area contributed by atoms with Gasteiger partial charge in [0.05, 0.1) is 6.04 Å². The summed E-state index contributed by atoms with van der Waals surface area (Å²) in [7, 11) is 2.12. The number of nitrogens with one attached hydrogen (secondary N) is 2. The van der Waals surface area contributed by atoms with E-state index in [1.54, 1.807) is 0 Å². The molecule has 1 unspecified atom stereocenters. The van der Waals surface area contributed by atoms with Gasteiger partial charge in [0.2, 0.25) is 0 Å². The van der Waals surface area contributed by atoms with Gasteiger partial charge in [-0.15, -0.1) is 0 Å². The maximum absolute atomic E-state index is 12.2. The molecule has 1 atom stereocenters. The van der Waals surface area contributed by atoms with Gasteiger partial charge in [0.1, 0.15) is 0 Å². The van der Waals surface area contributed by atoms with E-state index in [2.05, 4.69) is 45.7 Å². The quantitative estimate of drug-likeness (QED) is 0.746. The van der Waals surface area contributed by atoms with Gasteiger partial charge in [0.25, 0.3) is 0 Å². The van der Waals surface area contributed by atoms with E-state index in [9.17, 15) is 9.59 Å². The lowest BCUT2D eigenvalue weighted by Crippen LogP contribution is -2.44. The summed E-state index contributed by atoms with van der Waals surface area (Å²) in [5.74, 6) is -0.760. The molecule has 0 spiro atoms. The zero-order valence-corrected chi connectivity index (χ0v) is 16.8. The summed E-state index contributed by atoms with van der Waals surface area (Å²) in [6, 6.07) is 6.77. The molecule has 148 valence electrons. The maximum Gasteiger partial charge on any atom is 0.309 e. The number of hydrogen-bond acceptors (Lipinski definition) is 4. The zero-order chi connectivity index (χ0) is 19.4. The van der Waals surface area contributed by atoms with Crippen molar-refractivity contribution in [3.63, 3.8) is 0 Å².